The van der Waals surface area contributed by atoms with Gasteiger partial charge in [0.25, 0.3) is 5.91 Å². The van der Waals surface area contributed by atoms with Gasteiger partial charge in [-0.25, -0.2) is 14.1 Å². The van der Waals surface area contributed by atoms with Crippen LogP contribution >= 0.6 is 11.6 Å². The van der Waals surface area contributed by atoms with Crippen molar-refractivity contribution >= 4 is 23.2 Å². The van der Waals surface area contributed by atoms with Crippen molar-refractivity contribution in [2.75, 3.05) is 5.32 Å². The topological polar surface area (TPSA) is 59.8 Å². The fourth-order valence-corrected chi connectivity index (χ4v) is 3.13. The van der Waals surface area contributed by atoms with Crippen molar-refractivity contribution in [1.29, 1.82) is 0 Å². The second-order valence-corrected chi connectivity index (χ2v) is 7.36. The third kappa shape index (κ3) is 4.09. The molecule has 0 aliphatic heterocycles. The Balaban J connectivity index is 1.76. The number of aromatic nitrogens is 3. The highest BCUT2D eigenvalue weighted by atomic mass is 35.5. The van der Waals surface area contributed by atoms with Crippen LogP contribution in [0.3, 0.4) is 0 Å². The number of halogens is 2. The monoisotopic (exact) mass is 420 g/mol. The number of carbonyl (C=O) groups excluding carboxylic acids is 1. The van der Waals surface area contributed by atoms with E-state index in [2.05, 4.69) is 15.4 Å². The summed E-state index contributed by atoms with van der Waals surface area (Å²) in [5.41, 5.74) is 3.97. The number of aryl methyl sites for hydroxylation is 2. The molecule has 0 bridgehead atoms. The van der Waals surface area contributed by atoms with Crippen LogP contribution in [0, 0.1) is 19.7 Å². The number of hydrogen-bond acceptors (Lipinski definition) is 3. The third-order valence-corrected chi connectivity index (χ3v) is 4.88. The average Bonchev–Trinajstić information content (AvgIpc) is 3.17. The van der Waals surface area contributed by atoms with Gasteiger partial charge in [0, 0.05) is 16.3 Å². The molecule has 4 rings (SSSR count). The summed E-state index contributed by atoms with van der Waals surface area (Å²) in [6.07, 6.45) is 0. The van der Waals surface area contributed by atoms with Crippen LogP contribution < -0.4 is 5.32 Å². The van der Waals surface area contributed by atoms with Crippen LogP contribution in [0.1, 0.15) is 21.7 Å². The van der Waals surface area contributed by atoms with Gasteiger partial charge in [-0.05, 0) is 79.6 Å². The van der Waals surface area contributed by atoms with Crippen LogP contribution in [0.2, 0.25) is 5.02 Å². The van der Waals surface area contributed by atoms with E-state index in [4.69, 9.17) is 11.6 Å². The second-order valence-electron chi connectivity index (χ2n) is 6.93. The van der Waals surface area contributed by atoms with Crippen LogP contribution in [0.4, 0.5) is 10.1 Å². The third-order valence-electron chi connectivity index (χ3n) is 4.63. The first-order chi connectivity index (χ1) is 14.4. The van der Waals surface area contributed by atoms with Gasteiger partial charge in [-0.2, -0.15) is 0 Å². The SMILES string of the molecule is Cc1ccc(C)c(NC(=O)c2nc(-c3ccc(F)cc3)n(-c3ccc(Cl)cc3)n2)c1. The van der Waals surface area contributed by atoms with E-state index in [1.165, 1.54) is 12.1 Å². The van der Waals surface area contributed by atoms with Gasteiger partial charge in [0.05, 0.1) is 5.69 Å². The minimum Gasteiger partial charge on any atom is -0.319 e. The standard InChI is InChI=1S/C23H18ClFN4O/c1-14-3-4-15(2)20(13-14)26-23(30)21-27-22(16-5-9-18(25)10-6-16)29(28-21)19-11-7-17(24)8-12-19/h3-13H,1-2H3,(H,26,30). The molecule has 1 N–H and O–H groups in total. The molecule has 1 aromatic heterocycles. The number of hydrogen-bond donors (Lipinski definition) is 1. The summed E-state index contributed by atoms with van der Waals surface area (Å²) in [5, 5.41) is 7.86. The van der Waals surface area contributed by atoms with Crippen LogP contribution in [0.5, 0.6) is 0 Å². The zero-order chi connectivity index (χ0) is 21.3. The minimum atomic E-state index is -0.431. The molecular weight excluding hydrogens is 403 g/mol. The smallest absolute Gasteiger partial charge is 0.295 e. The van der Waals surface area contributed by atoms with Gasteiger partial charge in [0.15, 0.2) is 5.82 Å². The van der Waals surface area contributed by atoms with Crippen molar-refractivity contribution in [2.24, 2.45) is 0 Å². The lowest BCUT2D eigenvalue weighted by Gasteiger charge is -2.07. The summed E-state index contributed by atoms with van der Waals surface area (Å²) in [7, 11) is 0. The number of benzene rings is 3. The molecule has 0 unspecified atom stereocenters. The molecule has 150 valence electrons. The van der Waals surface area contributed by atoms with Crippen molar-refractivity contribution in [3.05, 3.63) is 94.5 Å². The van der Waals surface area contributed by atoms with Gasteiger partial charge in [0.1, 0.15) is 5.82 Å². The second kappa shape index (κ2) is 8.08. The van der Waals surface area contributed by atoms with Gasteiger partial charge in [-0.1, -0.05) is 23.7 Å². The van der Waals surface area contributed by atoms with Crippen LogP contribution in [-0.4, -0.2) is 20.7 Å². The molecule has 1 amide bonds. The number of nitrogens with zero attached hydrogens (tertiary/aromatic N) is 3. The Morgan fingerprint density at radius 2 is 1.70 bits per heavy atom. The summed E-state index contributed by atoms with van der Waals surface area (Å²) >= 11 is 6.00. The number of nitrogens with one attached hydrogen (secondary N) is 1. The van der Waals surface area contributed by atoms with E-state index in [-0.39, 0.29) is 11.6 Å². The highest BCUT2D eigenvalue weighted by Crippen LogP contribution is 2.24. The van der Waals surface area contributed by atoms with Crippen LogP contribution in [-0.2, 0) is 0 Å². The van der Waals surface area contributed by atoms with Gasteiger partial charge < -0.3 is 5.32 Å². The summed E-state index contributed by atoms with van der Waals surface area (Å²) in [6.45, 7) is 3.87. The number of amides is 1. The number of carbonyl (C=O) groups is 1. The molecule has 0 aliphatic rings. The highest BCUT2D eigenvalue weighted by molar-refractivity contribution is 6.30. The minimum absolute atomic E-state index is 0.00480. The number of rotatable bonds is 4. The van der Waals surface area contributed by atoms with E-state index < -0.39 is 5.91 Å². The van der Waals surface area contributed by atoms with E-state index in [9.17, 15) is 9.18 Å². The molecule has 7 heteroatoms. The average molecular weight is 421 g/mol. The summed E-state index contributed by atoms with van der Waals surface area (Å²) in [5.74, 6) is -0.363. The molecule has 4 aromatic rings. The normalized spacial score (nSPS) is 10.8. The van der Waals surface area contributed by atoms with E-state index >= 15 is 0 Å². The Labute approximate surface area is 178 Å². The van der Waals surface area contributed by atoms with Gasteiger partial charge in [-0.3, -0.25) is 4.79 Å². The summed E-state index contributed by atoms with van der Waals surface area (Å²) < 4.78 is 14.9. The molecule has 5 nitrogen and oxygen atoms in total. The van der Waals surface area contributed by atoms with E-state index in [0.717, 1.165) is 11.1 Å². The largest absolute Gasteiger partial charge is 0.319 e. The Morgan fingerprint density at radius 1 is 1.00 bits per heavy atom. The molecule has 0 aliphatic carbocycles. The highest BCUT2D eigenvalue weighted by Gasteiger charge is 2.19. The maximum atomic E-state index is 13.4. The van der Waals surface area contributed by atoms with Crippen molar-refractivity contribution in [1.82, 2.24) is 14.8 Å². The fraction of sp³-hybridized carbons (Fsp3) is 0.0870. The van der Waals surface area contributed by atoms with E-state index in [1.54, 1.807) is 41.1 Å². The fourth-order valence-electron chi connectivity index (χ4n) is 3.01. The first-order valence-corrected chi connectivity index (χ1v) is 9.66. The predicted molar refractivity (Wildman–Crippen MR) is 116 cm³/mol. The predicted octanol–water partition coefficient (Wildman–Crippen LogP) is 5.60. The quantitative estimate of drug-likeness (QED) is 0.467. The van der Waals surface area contributed by atoms with Crippen molar-refractivity contribution in [2.45, 2.75) is 13.8 Å². The first kappa shape index (κ1) is 19.8. The van der Waals surface area contributed by atoms with Crippen molar-refractivity contribution in [3.8, 4) is 17.1 Å². The van der Waals surface area contributed by atoms with Gasteiger partial charge in [0.2, 0.25) is 5.82 Å². The Morgan fingerprint density at radius 3 is 2.40 bits per heavy atom. The molecule has 0 spiro atoms. The van der Waals surface area contributed by atoms with Crippen molar-refractivity contribution < 1.29 is 9.18 Å². The summed E-state index contributed by atoms with van der Waals surface area (Å²) in [6, 6.07) is 18.7. The molecular formula is C23H18ClFN4O. The van der Waals surface area contributed by atoms with Crippen molar-refractivity contribution in [3.63, 3.8) is 0 Å². The lowest BCUT2D eigenvalue weighted by atomic mass is 10.1. The molecule has 0 atom stereocenters. The lowest BCUT2D eigenvalue weighted by molar-refractivity contribution is 0.101. The summed E-state index contributed by atoms with van der Waals surface area (Å²) in [4.78, 5) is 17.3. The van der Waals surface area contributed by atoms with Crippen LogP contribution in [0.15, 0.2) is 66.7 Å². The maximum absolute atomic E-state index is 13.4. The molecule has 0 saturated carbocycles. The Hall–Kier alpha value is -3.51. The zero-order valence-electron chi connectivity index (χ0n) is 16.4. The molecule has 30 heavy (non-hydrogen) atoms. The zero-order valence-corrected chi connectivity index (χ0v) is 17.1. The molecule has 3 aromatic carbocycles. The lowest BCUT2D eigenvalue weighted by Crippen LogP contribution is -2.15. The molecule has 1 heterocycles. The molecule has 0 fully saturated rings. The first-order valence-electron chi connectivity index (χ1n) is 9.28. The van der Waals surface area contributed by atoms with Gasteiger partial charge in [-0.15, -0.1) is 5.10 Å². The molecule has 0 saturated heterocycles. The van der Waals surface area contributed by atoms with E-state index in [0.29, 0.717) is 27.8 Å². The Kier molecular flexibility index (Phi) is 5.33. The van der Waals surface area contributed by atoms with Gasteiger partial charge >= 0.3 is 0 Å². The number of anilines is 1. The molecule has 0 radical (unpaired) electrons. The Bertz CT molecular complexity index is 1150. The van der Waals surface area contributed by atoms with E-state index in [1.807, 2.05) is 32.0 Å². The van der Waals surface area contributed by atoms with Crippen LogP contribution in [0.25, 0.3) is 17.1 Å². The maximum Gasteiger partial charge on any atom is 0.295 e.